The maximum atomic E-state index is 9.88. The molecule has 0 aromatic carbocycles. The van der Waals surface area contributed by atoms with Crippen molar-refractivity contribution in [3.8, 4) is 0 Å². The molecule has 0 saturated heterocycles. The predicted octanol–water partition coefficient (Wildman–Crippen LogP) is 1.26. The SMILES string of the molecule is [F][Ce]([F])[F]. The molecule has 0 atom stereocenters. The van der Waals surface area contributed by atoms with Crippen molar-refractivity contribution in [2.24, 2.45) is 0 Å². The minimum atomic E-state index is -5.16. The first-order valence-electron chi connectivity index (χ1n) is 0.567. The van der Waals surface area contributed by atoms with Crippen molar-refractivity contribution in [2.75, 3.05) is 0 Å². The average Bonchev–Trinajstić information content (AvgIpc) is 0.811. The van der Waals surface area contributed by atoms with Crippen molar-refractivity contribution >= 4 is 0 Å². The van der Waals surface area contributed by atoms with E-state index in [1.165, 1.54) is 0 Å². The van der Waals surface area contributed by atoms with E-state index in [1.807, 2.05) is 0 Å². The second-order valence-electron chi connectivity index (χ2n) is 0.214. The molecule has 0 rings (SSSR count). The van der Waals surface area contributed by atoms with E-state index in [1.54, 1.807) is 0 Å². The van der Waals surface area contributed by atoms with Gasteiger partial charge in [-0.2, -0.15) is 0 Å². The van der Waals surface area contributed by atoms with Crippen LogP contribution in [0.1, 0.15) is 0 Å². The third-order valence-corrected chi connectivity index (χ3v) is 0. The van der Waals surface area contributed by atoms with Gasteiger partial charge in [-0.3, -0.25) is 0 Å². The van der Waals surface area contributed by atoms with Crippen molar-refractivity contribution in [3.63, 3.8) is 0 Å². The molecule has 0 N–H and O–H groups in total. The molecule has 0 amide bonds. The van der Waals surface area contributed by atoms with Gasteiger partial charge in [0.05, 0.1) is 0 Å². The molecule has 0 aliphatic rings. The monoisotopic (exact) mass is 197 g/mol. The first-order valence-corrected chi connectivity index (χ1v) is 4.13. The molecule has 0 aromatic rings. The van der Waals surface area contributed by atoms with Crippen molar-refractivity contribution < 1.29 is 40.7 Å². The van der Waals surface area contributed by atoms with Crippen molar-refractivity contribution in [2.45, 2.75) is 0 Å². The Morgan fingerprint density at radius 1 is 1.00 bits per heavy atom. The Balaban J connectivity index is 2.32. The van der Waals surface area contributed by atoms with Crippen molar-refractivity contribution in [1.82, 2.24) is 0 Å². The Hall–Kier alpha value is 1.17. The number of halogens is 3. The van der Waals surface area contributed by atoms with Gasteiger partial charge in [0.15, 0.2) is 0 Å². The van der Waals surface area contributed by atoms with Crippen LogP contribution in [0.4, 0.5) is 2.73 Å². The predicted molar refractivity (Wildman–Crippen MR) is 3.32 cm³/mol. The second kappa shape index (κ2) is 2.41. The number of hydrogen-bond donors (Lipinski definition) is 0. The molecule has 4 heavy (non-hydrogen) atoms. The fourth-order valence-corrected chi connectivity index (χ4v) is 0. The Labute approximate surface area is 40.3 Å². The molecule has 0 spiro atoms. The Morgan fingerprint density at radius 2 is 1.00 bits per heavy atom. The van der Waals surface area contributed by atoms with E-state index in [2.05, 4.69) is 0 Å². The normalized spacial score (nSPS) is 6.75. The molecular formula is CeF3. The molecule has 25 valence electrons. The molecule has 0 aliphatic carbocycles. The first-order chi connectivity index (χ1) is 1.73. The number of hydrogen-bond acceptors (Lipinski definition) is 0. The zero-order valence-corrected chi connectivity index (χ0v) is 4.77. The average molecular weight is 197 g/mol. The molecule has 0 radical (unpaired) electrons. The van der Waals surface area contributed by atoms with Gasteiger partial charge in [0.2, 0.25) is 0 Å². The van der Waals surface area contributed by atoms with E-state index in [-0.39, 0.29) is 0 Å². The summed E-state index contributed by atoms with van der Waals surface area (Å²) in [6.45, 7) is 0. The summed E-state index contributed by atoms with van der Waals surface area (Å²) in [6.07, 6.45) is 0. The van der Waals surface area contributed by atoms with Crippen molar-refractivity contribution in [3.05, 3.63) is 0 Å². The van der Waals surface area contributed by atoms with Crippen LogP contribution in [-0.2, 0) is 0 Å². The second-order valence-corrected chi connectivity index (χ2v) is 1.56. The van der Waals surface area contributed by atoms with Crippen LogP contribution in [0.25, 0.3) is 0 Å². The van der Waals surface area contributed by atoms with Gasteiger partial charge in [0, 0.05) is 0 Å². The van der Waals surface area contributed by atoms with E-state index < -0.39 is 37.9 Å². The summed E-state index contributed by atoms with van der Waals surface area (Å²) < 4.78 is 29.6. The van der Waals surface area contributed by atoms with Crippen LogP contribution >= 0.6 is 0 Å². The van der Waals surface area contributed by atoms with Crippen LogP contribution in [0.15, 0.2) is 0 Å². The fraction of sp³-hybridized carbons (Fsp3) is 0. The fourth-order valence-electron chi connectivity index (χ4n) is 0. The van der Waals surface area contributed by atoms with E-state index >= 15 is 0 Å². The third-order valence-electron chi connectivity index (χ3n) is 0. The first kappa shape index (κ1) is 5.17. The quantitative estimate of drug-likeness (QED) is 0.548. The van der Waals surface area contributed by atoms with Gasteiger partial charge in [0.1, 0.15) is 0 Å². The third kappa shape index (κ3) is 10.9. The molecule has 0 saturated carbocycles. The molecule has 0 heterocycles. The summed E-state index contributed by atoms with van der Waals surface area (Å²) in [5.41, 5.74) is 0. The van der Waals surface area contributed by atoms with Crippen LogP contribution in [0.5, 0.6) is 0 Å². The van der Waals surface area contributed by atoms with Crippen LogP contribution < -0.4 is 0 Å². The van der Waals surface area contributed by atoms with Gasteiger partial charge < -0.3 is 0 Å². The standard InChI is InChI=1S/Ce.3FH/h;3*1H/q+3;;;/p-3. The van der Waals surface area contributed by atoms with Gasteiger partial charge in [0.25, 0.3) is 0 Å². The summed E-state index contributed by atoms with van der Waals surface area (Å²) >= 11 is -5.16. The molecular weight excluding hydrogens is 197 g/mol. The summed E-state index contributed by atoms with van der Waals surface area (Å²) in [5, 5.41) is 0. The molecule has 0 aliphatic heterocycles. The van der Waals surface area contributed by atoms with Gasteiger partial charge in [-0.15, -0.1) is 0 Å². The van der Waals surface area contributed by atoms with E-state index in [0.29, 0.717) is 0 Å². The Morgan fingerprint density at radius 3 is 1.00 bits per heavy atom. The van der Waals surface area contributed by atoms with E-state index in [0.717, 1.165) is 0 Å². The van der Waals surface area contributed by atoms with Gasteiger partial charge in [-0.05, 0) is 0 Å². The zero-order chi connectivity index (χ0) is 3.58. The van der Waals surface area contributed by atoms with E-state index in [9.17, 15) is 2.73 Å². The van der Waals surface area contributed by atoms with Gasteiger partial charge in [-0.1, -0.05) is 0 Å². The van der Waals surface area contributed by atoms with Crippen LogP contribution in [0.3, 0.4) is 0 Å². The molecule has 0 bridgehead atoms. The Bertz CT molecular complexity index is 8.00. The minimum absolute atomic E-state index is 5.16. The summed E-state index contributed by atoms with van der Waals surface area (Å²) in [4.78, 5) is 0. The van der Waals surface area contributed by atoms with Gasteiger partial charge in [-0.25, -0.2) is 0 Å². The van der Waals surface area contributed by atoms with Crippen LogP contribution in [-0.4, -0.2) is 0 Å². The van der Waals surface area contributed by atoms with Crippen LogP contribution in [0.2, 0.25) is 0 Å². The summed E-state index contributed by atoms with van der Waals surface area (Å²) in [6, 6.07) is 0. The molecule has 0 unspecified atom stereocenters. The molecule has 4 heteroatoms. The van der Waals surface area contributed by atoms with Crippen molar-refractivity contribution in [1.29, 1.82) is 0 Å². The zero-order valence-electron chi connectivity index (χ0n) is 1.63. The molecule has 0 fully saturated rings. The Kier molecular flexibility index (Phi) is 3.11. The van der Waals surface area contributed by atoms with Crippen LogP contribution in [0, 0.1) is 37.9 Å². The van der Waals surface area contributed by atoms with E-state index in [4.69, 9.17) is 0 Å². The maximum absolute atomic E-state index is 9.88. The molecule has 0 nitrogen and oxygen atoms in total. The molecule has 0 aromatic heterocycles. The summed E-state index contributed by atoms with van der Waals surface area (Å²) in [5.74, 6) is 0. The summed E-state index contributed by atoms with van der Waals surface area (Å²) in [7, 11) is 0. The topological polar surface area (TPSA) is 0 Å². The van der Waals surface area contributed by atoms with Gasteiger partial charge >= 0.3 is 40.7 Å². The number of rotatable bonds is 0.